The Bertz CT molecular complexity index is 490. The third-order valence-electron chi connectivity index (χ3n) is 2.23. The van der Waals surface area contributed by atoms with Crippen molar-refractivity contribution in [3.05, 3.63) is 51.9 Å². The fraction of sp³-hybridized carbons (Fsp3) is 0.167. The summed E-state index contributed by atoms with van der Waals surface area (Å²) in [6.45, 7) is 3.63. The first-order valence-electron chi connectivity index (χ1n) is 5.29. The third kappa shape index (κ3) is 4.65. The molecule has 1 aromatic rings. The minimum absolute atomic E-state index is 0.137. The highest BCUT2D eigenvalue weighted by molar-refractivity contribution is 8.03. The molecule has 0 saturated carbocycles. The maximum atomic E-state index is 10.7. The number of carbonyl (C=O) groups excluding carboxylic acids is 2. The maximum absolute atomic E-state index is 10.7. The Hall–Kier alpha value is -1.99. The summed E-state index contributed by atoms with van der Waals surface area (Å²) in [4.78, 5) is 31.0. The molecule has 1 N–H and O–H groups in total. The highest BCUT2D eigenvalue weighted by atomic mass is 32.2. The summed E-state index contributed by atoms with van der Waals surface area (Å²) in [5.74, 6) is 0.235. The molecule has 100 valence electrons. The number of nitro groups is 1. The van der Waals surface area contributed by atoms with Crippen LogP contribution in [-0.2, 0) is 9.59 Å². The molecule has 7 heteroatoms. The summed E-state index contributed by atoms with van der Waals surface area (Å²) < 4.78 is 0. The lowest BCUT2D eigenvalue weighted by atomic mass is 10.2. The van der Waals surface area contributed by atoms with Crippen LogP contribution in [0.5, 0.6) is 0 Å². The number of aldehydes is 1. The van der Waals surface area contributed by atoms with Gasteiger partial charge in [-0.05, 0) is 0 Å². The Balaban J connectivity index is 0.000000191. The molecular formula is C12H12N2O4S. The number of carbonyl (C=O) groups is 2. The van der Waals surface area contributed by atoms with Gasteiger partial charge in [-0.15, -0.1) is 11.8 Å². The van der Waals surface area contributed by atoms with Gasteiger partial charge in [0, 0.05) is 22.9 Å². The zero-order valence-corrected chi connectivity index (χ0v) is 10.8. The first-order chi connectivity index (χ1) is 9.06. The monoisotopic (exact) mass is 280 g/mol. The van der Waals surface area contributed by atoms with Crippen molar-refractivity contribution in [1.82, 2.24) is 5.32 Å². The number of hydrogen-bond donors (Lipinski definition) is 1. The smallest absolute Gasteiger partial charge is 0.269 e. The average Bonchev–Trinajstić information content (AvgIpc) is 2.86. The molecule has 0 aromatic heterocycles. The van der Waals surface area contributed by atoms with Crippen LogP contribution in [0.1, 0.15) is 0 Å². The molecule has 0 spiro atoms. The zero-order valence-electron chi connectivity index (χ0n) is 9.94. The number of rotatable bonds is 3. The molecular weight excluding hydrogens is 268 g/mol. The van der Waals surface area contributed by atoms with Gasteiger partial charge in [-0.3, -0.25) is 25.0 Å². The van der Waals surface area contributed by atoms with Crippen molar-refractivity contribution in [1.29, 1.82) is 0 Å². The van der Waals surface area contributed by atoms with E-state index in [2.05, 4.69) is 11.9 Å². The van der Waals surface area contributed by atoms with Crippen LogP contribution in [0.4, 0.5) is 5.69 Å². The summed E-state index contributed by atoms with van der Waals surface area (Å²) in [7, 11) is 0. The Kier molecular flexibility index (Phi) is 5.91. The number of thioether (sulfide) groups is 1. The highest BCUT2D eigenvalue weighted by Crippen LogP contribution is 2.22. The van der Waals surface area contributed by atoms with Gasteiger partial charge in [-0.25, -0.2) is 0 Å². The average molecular weight is 280 g/mol. The van der Waals surface area contributed by atoms with Gasteiger partial charge in [0.15, 0.2) is 6.29 Å². The normalized spacial score (nSPS) is 17.3. The highest BCUT2D eigenvalue weighted by Gasteiger charge is 2.25. The van der Waals surface area contributed by atoms with Crippen LogP contribution < -0.4 is 5.32 Å². The van der Waals surface area contributed by atoms with E-state index in [0.29, 0.717) is 12.2 Å². The number of nitro benzene ring substituents is 1. The Morgan fingerprint density at radius 1 is 1.47 bits per heavy atom. The molecule has 1 heterocycles. The first-order valence-corrected chi connectivity index (χ1v) is 6.28. The van der Waals surface area contributed by atoms with Gasteiger partial charge in [0.05, 0.1) is 4.92 Å². The summed E-state index contributed by atoms with van der Waals surface area (Å²) in [6.07, 6.45) is 0.328. The lowest BCUT2D eigenvalue weighted by Crippen LogP contribution is -2.32. The van der Waals surface area contributed by atoms with Crippen LogP contribution in [0.25, 0.3) is 0 Å². The molecule has 6 nitrogen and oxygen atoms in total. The van der Waals surface area contributed by atoms with Gasteiger partial charge < -0.3 is 0 Å². The van der Waals surface area contributed by atoms with E-state index in [0.717, 1.165) is 4.91 Å². The number of non-ortho nitro benzene ring substituents is 1. The van der Waals surface area contributed by atoms with Crippen molar-refractivity contribution < 1.29 is 14.5 Å². The number of ketones is 1. The quantitative estimate of drug-likeness (QED) is 0.391. The van der Waals surface area contributed by atoms with E-state index in [1.54, 1.807) is 18.2 Å². The van der Waals surface area contributed by atoms with Gasteiger partial charge in [0.25, 0.3) is 5.69 Å². The van der Waals surface area contributed by atoms with Crippen molar-refractivity contribution in [2.45, 2.75) is 6.04 Å². The number of hydrogen-bond acceptors (Lipinski definition) is 6. The van der Waals surface area contributed by atoms with E-state index in [1.807, 2.05) is 0 Å². The molecule has 1 fully saturated rings. The van der Waals surface area contributed by atoms with Gasteiger partial charge in [-0.2, -0.15) is 0 Å². The molecule has 19 heavy (non-hydrogen) atoms. The molecule has 0 radical (unpaired) electrons. The Labute approximate surface area is 114 Å². The summed E-state index contributed by atoms with van der Waals surface area (Å²) in [5.41, 5.74) is 0.137. The lowest BCUT2D eigenvalue weighted by molar-refractivity contribution is -0.384. The second-order valence-corrected chi connectivity index (χ2v) is 4.61. The minimum Gasteiger partial charge on any atom is -0.295 e. The summed E-state index contributed by atoms with van der Waals surface area (Å²) >= 11 is 1.46. The Morgan fingerprint density at radius 2 is 2.11 bits per heavy atom. The van der Waals surface area contributed by atoms with Crippen LogP contribution in [0, 0.1) is 10.1 Å². The molecule has 0 bridgehead atoms. The Morgan fingerprint density at radius 3 is 2.47 bits per heavy atom. The van der Waals surface area contributed by atoms with Crippen LogP contribution in [0.3, 0.4) is 0 Å². The predicted octanol–water partition coefficient (Wildman–Crippen LogP) is 1.53. The van der Waals surface area contributed by atoms with Crippen LogP contribution >= 0.6 is 11.8 Å². The molecule has 0 amide bonds. The maximum Gasteiger partial charge on any atom is 0.269 e. The van der Waals surface area contributed by atoms with Gasteiger partial charge in [-0.1, -0.05) is 24.8 Å². The summed E-state index contributed by atoms with van der Waals surface area (Å²) in [5, 5.41) is 12.8. The van der Waals surface area contributed by atoms with Gasteiger partial charge in [0.1, 0.15) is 6.04 Å². The second kappa shape index (κ2) is 7.45. The van der Waals surface area contributed by atoms with Crippen LogP contribution in [0.15, 0.2) is 41.8 Å². The van der Waals surface area contributed by atoms with E-state index in [9.17, 15) is 19.7 Å². The predicted molar refractivity (Wildman–Crippen MR) is 72.7 cm³/mol. The van der Waals surface area contributed by atoms with Crippen molar-refractivity contribution in [2.75, 3.05) is 5.88 Å². The molecule has 1 unspecified atom stereocenters. The van der Waals surface area contributed by atoms with Gasteiger partial charge in [0.2, 0.25) is 5.78 Å². The minimum atomic E-state index is -0.442. The molecule has 1 atom stereocenters. The van der Waals surface area contributed by atoms with E-state index in [4.69, 9.17) is 0 Å². The summed E-state index contributed by atoms with van der Waals surface area (Å²) in [6, 6.07) is 7.49. The standard InChI is InChI=1S/C6H7NO2S.C6H5NO2/c1-4-6(5(9)2-8)7-3-10-4;8-7(9)6-4-2-1-3-5-6/h2,6-7H,1,3H2;1-5H. The number of nitrogens with one attached hydrogen (secondary N) is 1. The van der Waals surface area contributed by atoms with Gasteiger partial charge >= 0.3 is 0 Å². The number of para-hydroxylation sites is 1. The first kappa shape index (κ1) is 15.1. The van der Waals surface area contributed by atoms with Crippen LogP contribution in [-0.4, -0.2) is 28.9 Å². The third-order valence-corrected chi connectivity index (χ3v) is 3.15. The largest absolute Gasteiger partial charge is 0.295 e. The number of Topliss-reactive ketones (excluding diaryl/α,β-unsaturated/α-hetero) is 1. The van der Waals surface area contributed by atoms with E-state index in [1.165, 1.54) is 23.9 Å². The van der Waals surface area contributed by atoms with Crippen molar-refractivity contribution in [3.8, 4) is 0 Å². The van der Waals surface area contributed by atoms with E-state index in [-0.39, 0.29) is 5.69 Å². The molecule has 1 aliphatic rings. The SMILES string of the molecule is C=C1SCNC1C(=O)C=O.O=[N+]([O-])c1ccccc1. The van der Waals surface area contributed by atoms with E-state index < -0.39 is 16.7 Å². The number of nitrogens with zero attached hydrogens (tertiary/aromatic N) is 1. The fourth-order valence-corrected chi connectivity index (χ4v) is 2.09. The zero-order chi connectivity index (χ0) is 14.3. The van der Waals surface area contributed by atoms with Crippen molar-refractivity contribution in [2.24, 2.45) is 0 Å². The topological polar surface area (TPSA) is 89.3 Å². The second-order valence-electron chi connectivity index (χ2n) is 3.51. The van der Waals surface area contributed by atoms with Crippen LogP contribution in [0.2, 0.25) is 0 Å². The molecule has 1 saturated heterocycles. The molecule has 0 aliphatic carbocycles. The van der Waals surface area contributed by atoms with Crippen molar-refractivity contribution in [3.63, 3.8) is 0 Å². The molecule has 2 rings (SSSR count). The molecule has 1 aromatic carbocycles. The van der Waals surface area contributed by atoms with Crippen molar-refractivity contribution >= 4 is 29.5 Å². The molecule has 1 aliphatic heterocycles. The fourth-order valence-electron chi connectivity index (χ4n) is 1.29. The number of benzene rings is 1. The van der Waals surface area contributed by atoms with E-state index >= 15 is 0 Å². The lowest BCUT2D eigenvalue weighted by Gasteiger charge is -2.02.